The summed E-state index contributed by atoms with van der Waals surface area (Å²) in [6, 6.07) is 3.18. The zero-order chi connectivity index (χ0) is 15.6. The minimum Gasteiger partial charge on any atom is -0.369 e. The van der Waals surface area contributed by atoms with Crippen LogP contribution in [0.4, 0.5) is 28.9 Å². The Balaban J connectivity index is 2.04. The molecule has 1 aliphatic heterocycles. The molecule has 0 aromatic heterocycles. The molecule has 21 heavy (non-hydrogen) atoms. The van der Waals surface area contributed by atoms with Gasteiger partial charge in [-0.25, -0.2) is 4.39 Å². The number of piperazine rings is 1. The van der Waals surface area contributed by atoms with E-state index >= 15 is 0 Å². The summed E-state index contributed by atoms with van der Waals surface area (Å²) in [6.07, 6.45) is -4.25. The van der Waals surface area contributed by atoms with Crippen LogP contribution in [-0.2, 0) is 0 Å². The normalized spacial score (nSPS) is 17.0. The van der Waals surface area contributed by atoms with E-state index in [2.05, 4.69) is 0 Å². The predicted octanol–water partition coefficient (Wildman–Crippen LogP) is 2.42. The molecule has 0 bridgehead atoms. The molecule has 0 spiro atoms. The molecule has 0 unspecified atom stereocenters. The lowest BCUT2D eigenvalue weighted by Gasteiger charge is -2.36. The predicted molar refractivity (Wildman–Crippen MR) is 67.8 cm³/mol. The van der Waals surface area contributed by atoms with Gasteiger partial charge in [0.1, 0.15) is 5.82 Å². The van der Waals surface area contributed by atoms with Crippen molar-refractivity contribution < 1.29 is 22.5 Å². The number of non-ortho nitro benzene ring substituents is 1. The van der Waals surface area contributed by atoms with E-state index in [0.717, 1.165) is 12.1 Å². The lowest BCUT2D eigenvalue weighted by atomic mass is 10.2. The summed E-state index contributed by atoms with van der Waals surface area (Å²) in [5.74, 6) is -0.739. The Morgan fingerprint density at radius 2 is 1.76 bits per heavy atom. The second-order valence-corrected chi connectivity index (χ2v) is 4.80. The van der Waals surface area contributed by atoms with Gasteiger partial charge in [0.05, 0.1) is 17.5 Å². The Morgan fingerprint density at radius 1 is 1.14 bits per heavy atom. The van der Waals surface area contributed by atoms with Crippen molar-refractivity contribution in [2.24, 2.45) is 0 Å². The van der Waals surface area contributed by atoms with Crippen molar-refractivity contribution in [2.75, 3.05) is 37.6 Å². The number of anilines is 1. The smallest absolute Gasteiger partial charge is 0.369 e. The summed E-state index contributed by atoms with van der Waals surface area (Å²) in [5.41, 5.74) is -0.0592. The maximum absolute atomic E-state index is 13.4. The summed E-state index contributed by atoms with van der Waals surface area (Å²) in [6.45, 7) is -0.120. The van der Waals surface area contributed by atoms with E-state index in [4.69, 9.17) is 0 Å². The average Bonchev–Trinajstić information content (AvgIpc) is 2.37. The topological polar surface area (TPSA) is 49.6 Å². The molecule has 0 aliphatic carbocycles. The second-order valence-electron chi connectivity index (χ2n) is 4.80. The van der Waals surface area contributed by atoms with E-state index in [0.29, 0.717) is 5.69 Å². The highest BCUT2D eigenvalue weighted by atomic mass is 19.4. The van der Waals surface area contributed by atoms with Crippen LogP contribution >= 0.6 is 0 Å². The molecule has 0 saturated carbocycles. The fraction of sp³-hybridized carbons (Fsp3) is 0.500. The van der Waals surface area contributed by atoms with Gasteiger partial charge in [0.2, 0.25) is 0 Å². The summed E-state index contributed by atoms with van der Waals surface area (Å²) < 4.78 is 50.2. The first kappa shape index (κ1) is 15.5. The van der Waals surface area contributed by atoms with Gasteiger partial charge < -0.3 is 4.90 Å². The monoisotopic (exact) mass is 307 g/mol. The molecular formula is C12H13F4N3O2. The highest BCUT2D eigenvalue weighted by Gasteiger charge is 2.32. The Labute approximate surface area is 117 Å². The van der Waals surface area contributed by atoms with E-state index in [-0.39, 0.29) is 31.9 Å². The van der Waals surface area contributed by atoms with Crippen LogP contribution in [0, 0.1) is 15.9 Å². The molecule has 1 heterocycles. The van der Waals surface area contributed by atoms with Gasteiger partial charge in [0.15, 0.2) is 0 Å². The van der Waals surface area contributed by atoms with Crippen LogP contribution in [-0.4, -0.2) is 48.7 Å². The largest absolute Gasteiger partial charge is 0.401 e. The molecule has 1 aromatic rings. The van der Waals surface area contributed by atoms with Crippen molar-refractivity contribution in [1.82, 2.24) is 4.90 Å². The minimum atomic E-state index is -4.25. The number of rotatable bonds is 3. The second kappa shape index (κ2) is 5.84. The third kappa shape index (κ3) is 4.28. The molecule has 1 aliphatic rings. The van der Waals surface area contributed by atoms with Crippen LogP contribution < -0.4 is 4.90 Å². The van der Waals surface area contributed by atoms with E-state index in [1.165, 1.54) is 11.0 Å². The number of nitrogens with zero attached hydrogens (tertiary/aromatic N) is 3. The maximum Gasteiger partial charge on any atom is 0.401 e. The molecule has 116 valence electrons. The molecule has 0 N–H and O–H groups in total. The van der Waals surface area contributed by atoms with Gasteiger partial charge in [0.25, 0.3) is 5.69 Å². The first-order chi connectivity index (χ1) is 9.74. The zero-order valence-electron chi connectivity index (χ0n) is 10.9. The van der Waals surface area contributed by atoms with Gasteiger partial charge in [-0.15, -0.1) is 0 Å². The highest BCUT2D eigenvalue weighted by molar-refractivity contribution is 5.54. The van der Waals surface area contributed by atoms with Crippen molar-refractivity contribution in [3.63, 3.8) is 0 Å². The summed E-state index contributed by atoms with van der Waals surface area (Å²) in [4.78, 5) is 12.9. The number of hydrogen-bond donors (Lipinski definition) is 0. The number of nitro benzene ring substituents is 1. The summed E-state index contributed by atoms with van der Waals surface area (Å²) >= 11 is 0. The first-order valence-corrected chi connectivity index (χ1v) is 6.24. The number of hydrogen-bond acceptors (Lipinski definition) is 4. The molecule has 2 rings (SSSR count). The van der Waals surface area contributed by atoms with Crippen LogP contribution in [0.5, 0.6) is 0 Å². The molecule has 0 amide bonds. The molecule has 0 atom stereocenters. The molecular weight excluding hydrogens is 294 g/mol. The van der Waals surface area contributed by atoms with Crippen molar-refractivity contribution >= 4 is 11.4 Å². The van der Waals surface area contributed by atoms with E-state index in [1.54, 1.807) is 4.90 Å². The third-order valence-electron chi connectivity index (χ3n) is 3.22. The Morgan fingerprint density at radius 3 is 2.29 bits per heavy atom. The van der Waals surface area contributed by atoms with Crippen LogP contribution in [0.25, 0.3) is 0 Å². The minimum absolute atomic E-state index is 0.170. The fourth-order valence-corrected chi connectivity index (χ4v) is 2.26. The van der Waals surface area contributed by atoms with Crippen LogP contribution in [0.15, 0.2) is 18.2 Å². The molecule has 1 aromatic carbocycles. The molecule has 9 heteroatoms. The van der Waals surface area contributed by atoms with Crippen LogP contribution in [0.1, 0.15) is 0 Å². The molecule has 5 nitrogen and oxygen atoms in total. The Kier molecular flexibility index (Phi) is 4.31. The molecule has 1 saturated heterocycles. The van der Waals surface area contributed by atoms with E-state index in [1.807, 2.05) is 0 Å². The van der Waals surface area contributed by atoms with Gasteiger partial charge in [-0.05, 0) is 6.07 Å². The Hall–Kier alpha value is -1.90. The quantitative estimate of drug-likeness (QED) is 0.489. The third-order valence-corrected chi connectivity index (χ3v) is 3.22. The lowest BCUT2D eigenvalue weighted by molar-refractivity contribution is -0.385. The molecule has 1 fully saturated rings. The SMILES string of the molecule is O=[N+]([O-])c1cc(F)cc(N2CCN(CC(F)(F)F)CC2)c1. The number of halogens is 4. The average molecular weight is 307 g/mol. The van der Waals surface area contributed by atoms with E-state index in [9.17, 15) is 27.7 Å². The maximum atomic E-state index is 13.4. The highest BCUT2D eigenvalue weighted by Crippen LogP contribution is 2.25. The van der Waals surface area contributed by atoms with Gasteiger partial charge in [0, 0.05) is 37.9 Å². The number of alkyl halides is 3. The van der Waals surface area contributed by atoms with Crippen LogP contribution in [0.2, 0.25) is 0 Å². The standard InChI is InChI=1S/C12H13F4N3O2/c13-9-5-10(7-11(6-9)19(20)21)18-3-1-17(2-4-18)8-12(14,15)16/h5-7H,1-4,8H2. The van der Waals surface area contributed by atoms with E-state index < -0.39 is 23.5 Å². The molecule has 0 radical (unpaired) electrons. The number of benzene rings is 1. The van der Waals surface area contributed by atoms with Gasteiger partial charge in [-0.3, -0.25) is 15.0 Å². The first-order valence-electron chi connectivity index (χ1n) is 6.24. The lowest BCUT2D eigenvalue weighted by Crippen LogP contribution is -2.49. The van der Waals surface area contributed by atoms with Crippen LogP contribution in [0.3, 0.4) is 0 Å². The summed E-state index contributed by atoms with van der Waals surface area (Å²) in [7, 11) is 0. The van der Waals surface area contributed by atoms with Gasteiger partial charge in [-0.2, -0.15) is 13.2 Å². The zero-order valence-corrected chi connectivity index (χ0v) is 10.9. The van der Waals surface area contributed by atoms with Crippen molar-refractivity contribution in [3.05, 3.63) is 34.1 Å². The fourth-order valence-electron chi connectivity index (χ4n) is 2.26. The van der Waals surface area contributed by atoms with Crippen molar-refractivity contribution in [2.45, 2.75) is 6.18 Å². The summed E-state index contributed by atoms with van der Waals surface area (Å²) in [5, 5.41) is 10.7. The Bertz CT molecular complexity index is 528. The number of nitro groups is 1. The van der Waals surface area contributed by atoms with Gasteiger partial charge in [-0.1, -0.05) is 0 Å². The van der Waals surface area contributed by atoms with Gasteiger partial charge >= 0.3 is 6.18 Å². The van der Waals surface area contributed by atoms with Crippen molar-refractivity contribution in [3.8, 4) is 0 Å². The van der Waals surface area contributed by atoms with Crippen molar-refractivity contribution in [1.29, 1.82) is 0 Å².